The minimum Gasteiger partial charge on any atom is -0.310 e. The Hall–Kier alpha value is -9.56. The molecule has 75 heavy (non-hydrogen) atoms. The van der Waals surface area contributed by atoms with Gasteiger partial charge in [-0.15, -0.1) is 0 Å². The zero-order valence-electron chi connectivity index (χ0n) is 41.1. The molecule has 16 rings (SSSR count). The molecule has 1 nitrogen and oxygen atoms in total. The Morgan fingerprint density at radius 1 is 0.227 bits per heavy atom. The maximum atomic E-state index is 2.56. The molecule has 1 spiro atoms. The minimum atomic E-state index is -0.678. The predicted octanol–water partition coefficient (Wildman–Crippen LogP) is 19.0. The van der Waals surface area contributed by atoms with Crippen LogP contribution in [0.5, 0.6) is 0 Å². The van der Waals surface area contributed by atoms with Gasteiger partial charge in [0.2, 0.25) is 0 Å². The third-order valence-electron chi connectivity index (χ3n) is 17.1. The molecule has 13 aromatic rings. The van der Waals surface area contributed by atoms with Crippen molar-refractivity contribution in [1.82, 2.24) is 0 Å². The van der Waals surface area contributed by atoms with E-state index in [4.69, 9.17) is 0 Å². The van der Waals surface area contributed by atoms with Crippen LogP contribution in [-0.4, -0.2) is 0 Å². The van der Waals surface area contributed by atoms with Gasteiger partial charge in [0.25, 0.3) is 0 Å². The van der Waals surface area contributed by atoms with Crippen LogP contribution in [0, 0.1) is 0 Å². The molecule has 0 amide bonds. The molecular formula is C74H47N. The van der Waals surface area contributed by atoms with Gasteiger partial charge >= 0.3 is 0 Å². The SMILES string of the molecule is c1ccc(C2(c3ccccc3)c3ccccc3-c3ccc(N(c4ccc5c(c4)C4(c6ccccc6-5)c5ccccc5-c5cccc6ccc(-c7cccc8ccccc78)c4c56)c4ccc5ccccc5c4)cc32)cc1. The summed E-state index contributed by atoms with van der Waals surface area (Å²) in [5.74, 6) is 0. The van der Waals surface area contributed by atoms with Crippen LogP contribution in [0.3, 0.4) is 0 Å². The summed E-state index contributed by atoms with van der Waals surface area (Å²) in [6.07, 6.45) is 0. The topological polar surface area (TPSA) is 3.24 Å². The van der Waals surface area contributed by atoms with E-state index in [1.807, 2.05) is 0 Å². The van der Waals surface area contributed by atoms with Crippen molar-refractivity contribution in [3.8, 4) is 44.5 Å². The Morgan fingerprint density at radius 2 is 0.640 bits per heavy atom. The number of rotatable bonds is 6. The van der Waals surface area contributed by atoms with Crippen molar-refractivity contribution in [2.45, 2.75) is 10.8 Å². The van der Waals surface area contributed by atoms with Crippen LogP contribution in [0.2, 0.25) is 0 Å². The predicted molar refractivity (Wildman–Crippen MR) is 313 cm³/mol. The number of fused-ring (bicyclic) bond motifs is 14. The lowest BCUT2D eigenvalue weighted by Crippen LogP contribution is -2.32. The van der Waals surface area contributed by atoms with E-state index in [9.17, 15) is 0 Å². The van der Waals surface area contributed by atoms with Crippen LogP contribution in [0.15, 0.2) is 285 Å². The van der Waals surface area contributed by atoms with Crippen LogP contribution in [0.1, 0.15) is 44.5 Å². The van der Waals surface area contributed by atoms with E-state index in [0.29, 0.717) is 0 Å². The second-order valence-electron chi connectivity index (χ2n) is 20.6. The van der Waals surface area contributed by atoms with Crippen molar-refractivity contribution < 1.29 is 0 Å². The number of anilines is 3. The molecule has 13 aromatic carbocycles. The fourth-order valence-electron chi connectivity index (χ4n) is 14.2. The molecule has 0 bridgehead atoms. The largest absolute Gasteiger partial charge is 0.310 e. The number of hydrogen-bond donors (Lipinski definition) is 0. The lowest BCUT2D eigenvalue weighted by Gasteiger charge is -2.42. The molecule has 1 heteroatoms. The van der Waals surface area contributed by atoms with Gasteiger partial charge in [-0.25, -0.2) is 0 Å². The van der Waals surface area contributed by atoms with Gasteiger partial charge in [0.1, 0.15) is 0 Å². The van der Waals surface area contributed by atoms with Crippen molar-refractivity contribution in [3.05, 3.63) is 330 Å². The number of hydrogen-bond acceptors (Lipinski definition) is 1. The van der Waals surface area contributed by atoms with Crippen molar-refractivity contribution in [2.75, 3.05) is 4.90 Å². The normalized spacial score (nSPS) is 15.1. The zero-order chi connectivity index (χ0) is 49.2. The van der Waals surface area contributed by atoms with E-state index < -0.39 is 10.8 Å². The molecule has 0 saturated heterocycles. The maximum absolute atomic E-state index is 2.56. The van der Waals surface area contributed by atoms with Crippen molar-refractivity contribution in [2.24, 2.45) is 0 Å². The van der Waals surface area contributed by atoms with Crippen molar-refractivity contribution >= 4 is 49.4 Å². The lowest BCUT2D eigenvalue weighted by atomic mass is 9.60. The quantitative estimate of drug-likeness (QED) is 0.161. The van der Waals surface area contributed by atoms with Crippen LogP contribution in [-0.2, 0) is 10.8 Å². The maximum Gasteiger partial charge on any atom is 0.0732 e. The van der Waals surface area contributed by atoms with Gasteiger partial charge < -0.3 is 4.90 Å². The highest BCUT2D eigenvalue weighted by Gasteiger charge is 2.52. The van der Waals surface area contributed by atoms with Gasteiger partial charge in [-0.1, -0.05) is 249 Å². The van der Waals surface area contributed by atoms with Gasteiger partial charge in [0.15, 0.2) is 0 Å². The number of nitrogens with zero attached hydrogens (tertiary/aromatic N) is 1. The highest BCUT2D eigenvalue weighted by Crippen LogP contribution is 2.65. The van der Waals surface area contributed by atoms with E-state index in [1.54, 1.807) is 0 Å². The summed E-state index contributed by atoms with van der Waals surface area (Å²) >= 11 is 0. The summed E-state index contributed by atoms with van der Waals surface area (Å²) < 4.78 is 0. The molecule has 0 aromatic heterocycles. The smallest absolute Gasteiger partial charge is 0.0732 e. The number of benzene rings is 13. The molecule has 1 unspecified atom stereocenters. The van der Waals surface area contributed by atoms with Gasteiger partial charge in [-0.2, -0.15) is 0 Å². The van der Waals surface area contributed by atoms with Crippen molar-refractivity contribution in [1.29, 1.82) is 0 Å². The van der Waals surface area contributed by atoms with E-state index >= 15 is 0 Å². The first-order valence-electron chi connectivity index (χ1n) is 26.2. The van der Waals surface area contributed by atoms with Crippen molar-refractivity contribution in [3.63, 3.8) is 0 Å². The molecule has 348 valence electrons. The molecule has 3 aliphatic rings. The first-order chi connectivity index (χ1) is 37.2. The summed E-state index contributed by atoms with van der Waals surface area (Å²) in [7, 11) is 0. The summed E-state index contributed by atoms with van der Waals surface area (Å²) in [6, 6.07) is 108. The highest BCUT2D eigenvalue weighted by atomic mass is 15.1. The van der Waals surface area contributed by atoms with Crippen LogP contribution in [0.25, 0.3) is 76.8 Å². The van der Waals surface area contributed by atoms with Crippen LogP contribution >= 0.6 is 0 Å². The van der Waals surface area contributed by atoms with E-state index in [1.165, 1.54) is 121 Å². The lowest BCUT2D eigenvalue weighted by molar-refractivity contribution is 0.768. The van der Waals surface area contributed by atoms with E-state index in [2.05, 4.69) is 290 Å². The Morgan fingerprint density at radius 3 is 1.29 bits per heavy atom. The Bertz CT molecular complexity index is 4450. The molecule has 0 N–H and O–H groups in total. The van der Waals surface area contributed by atoms with E-state index in [-0.39, 0.29) is 0 Å². The van der Waals surface area contributed by atoms with Gasteiger partial charge in [-0.3, -0.25) is 0 Å². The minimum absolute atomic E-state index is 0.557. The summed E-state index contributed by atoms with van der Waals surface area (Å²) in [5, 5.41) is 7.48. The second kappa shape index (κ2) is 16.0. The van der Waals surface area contributed by atoms with Gasteiger partial charge in [0.05, 0.1) is 10.8 Å². The highest BCUT2D eigenvalue weighted by molar-refractivity contribution is 6.12. The Kier molecular flexibility index (Phi) is 8.94. The third-order valence-corrected chi connectivity index (χ3v) is 17.1. The average molecular weight is 950 g/mol. The molecule has 0 fully saturated rings. The van der Waals surface area contributed by atoms with Gasteiger partial charge in [0, 0.05) is 17.1 Å². The molecule has 0 aliphatic heterocycles. The Balaban J connectivity index is 1.01. The molecular weight excluding hydrogens is 903 g/mol. The molecule has 1 atom stereocenters. The average Bonchev–Trinajstić information content (AvgIpc) is 4.15. The molecule has 0 radical (unpaired) electrons. The Labute approximate surface area is 436 Å². The molecule has 0 saturated carbocycles. The monoisotopic (exact) mass is 949 g/mol. The van der Waals surface area contributed by atoms with E-state index in [0.717, 1.165) is 17.1 Å². The first kappa shape index (κ1) is 42.0. The third kappa shape index (κ3) is 5.73. The zero-order valence-corrected chi connectivity index (χ0v) is 41.1. The standard InChI is InChI=1S/C74H47N/c1-3-24-52(25-4-1)73(53-26-5-2-6-27-53)66-34-14-11-29-59(66)62-43-40-55(46-69(62)73)75(54-39-37-48-19-7-8-21-51(48)45-54)56-41-44-63-60-30-12-15-35-67(60)74(70(63)47-56)68-36-16-13-31-61(68)64-33-18-23-50-38-42-65(72(74)71(50)64)58-32-17-22-49-20-9-10-28-57(49)58/h1-47H. The fourth-order valence-corrected chi connectivity index (χ4v) is 14.2. The van der Waals surface area contributed by atoms with Gasteiger partial charge in [-0.05, 0) is 158 Å². The molecule has 0 heterocycles. The summed E-state index contributed by atoms with van der Waals surface area (Å²) in [4.78, 5) is 2.53. The van der Waals surface area contributed by atoms with Crippen LogP contribution < -0.4 is 4.90 Å². The summed E-state index contributed by atoms with van der Waals surface area (Å²) in [6.45, 7) is 0. The fraction of sp³-hybridized carbons (Fsp3) is 0.0270. The first-order valence-corrected chi connectivity index (χ1v) is 26.2. The van der Waals surface area contributed by atoms with Crippen LogP contribution in [0.4, 0.5) is 17.1 Å². The second-order valence-corrected chi connectivity index (χ2v) is 20.6. The summed E-state index contributed by atoms with van der Waals surface area (Å²) in [5.41, 5.74) is 22.6. The molecule has 3 aliphatic carbocycles.